The number of carbonyl (C=O) groups excluding carboxylic acids is 1. The van der Waals surface area contributed by atoms with E-state index in [4.69, 9.17) is 32.4 Å². The van der Waals surface area contributed by atoms with E-state index in [2.05, 4.69) is 10.3 Å². The van der Waals surface area contributed by atoms with Crippen molar-refractivity contribution >= 4 is 40.3 Å². The molecular weight excluding hydrogens is 391 g/mol. The number of esters is 1. The van der Waals surface area contributed by atoms with Crippen molar-refractivity contribution in [1.82, 2.24) is 10.3 Å². The summed E-state index contributed by atoms with van der Waals surface area (Å²) in [5.41, 5.74) is 2.07. The topological polar surface area (TPSA) is 84.6 Å². The van der Waals surface area contributed by atoms with Gasteiger partial charge in [0.15, 0.2) is 5.58 Å². The summed E-state index contributed by atoms with van der Waals surface area (Å²) in [6.07, 6.45) is -0.350. The summed E-state index contributed by atoms with van der Waals surface area (Å²) in [7, 11) is 0. The predicted molar refractivity (Wildman–Crippen MR) is 102 cm³/mol. The number of carbonyl (C=O) groups is 1. The van der Waals surface area contributed by atoms with Crippen LogP contribution in [0.3, 0.4) is 0 Å². The third-order valence-electron chi connectivity index (χ3n) is 4.50. The molecule has 0 aliphatic carbocycles. The Labute approximate surface area is 165 Å². The first-order chi connectivity index (χ1) is 13.0. The first kappa shape index (κ1) is 18.3. The van der Waals surface area contributed by atoms with Crippen LogP contribution in [0.15, 0.2) is 40.8 Å². The highest BCUT2D eigenvalue weighted by atomic mass is 35.5. The first-order valence-corrected chi connectivity index (χ1v) is 9.18. The van der Waals surface area contributed by atoms with Gasteiger partial charge in [-0.25, -0.2) is 9.78 Å². The monoisotopic (exact) mass is 406 g/mol. The predicted octanol–water partition coefficient (Wildman–Crippen LogP) is 3.54. The number of ether oxygens (including phenoxy) is 1. The molecule has 4 rings (SSSR count). The van der Waals surface area contributed by atoms with Gasteiger partial charge in [0, 0.05) is 34.6 Å². The number of halogens is 2. The highest BCUT2D eigenvalue weighted by Gasteiger charge is 2.30. The van der Waals surface area contributed by atoms with E-state index in [1.807, 2.05) is 0 Å². The fraction of sp³-hybridized carbons (Fsp3) is 0.263. The first-order valence-electron chi connectivity index (χ1n) is 8.43. The Morgan fingerprint density at radius 1 is 1.22 bits per heavy atom. The number of hydrogen-bond donors (Lipinski definition) is 2. The quantitative estimate of drug-likeness (QED) is 0.644. The second-order valence-electron chi connectivity index (χ2n) is 6.40. The van der Waals surface area contributed by atoms with Crippen LogP contribution in [0.5, 0.6) is 0 Å². The number of fused-ring (bicyclic) bond motifs is 1. The molecule has 6 nitrogen and oxygen atoms in total. The van der Waals surface area contributed by atoms with Crippen LogP contribution in [0.4, 0.5) is 0 Å². The molecule has 8 heteroatoms. The summed E-state index contributed by atoms with van der Waals surface area (Å²) in [6.45, 7) is 1.12. The van der Waals surface area contributed by atoms with Gasteiger partial charge in [0.05, 0.1) is 12.2 Å². The Morgan fingerprint density at radius 2 is 2.00 bits per heavy atom. The molecule has 0 spiro atoms. The summed E-state index contributed by atoms with van der Waals surface area (Å²) in [6, 6.07) is 9.96. The van der Waals surface area contributed by atoms with Gasteiger partial charge in [-0.2, -0.15) is 0 Å². The Hall–Kier alpha value is -2.12. The lowest BCUT2D eigenvalue weighted by Crippen LogP contribution is -2.28. The van der Waals surface area contributed by atoms with E-state index in [9.17, 15) is 9.90 Å². The van der Waals surface area contributed by atoms with Crippen LogP contribution in [0.1, 0.15) is 10.4 Å². The van der Waals surface area contributed by atoms with Crippen LogP contribution < -0.4 is 5.32 Å². The van der Waals surface area contributed by atoms with E-state index in [0.29, 0.717) is 51.3 Å². The molecule has 0 amide bonds. The van der Waals surface area contributed by atoms with Gasteiger partial charge in [0.25, 0.3) is 0 Å². The number of nitrogens with zero attached hydrogens (tertiary/aromatic N) is 1. The van der Waals surface area contributed by atoms with Crippen molar-refractivity contribution in [2.75, 3.05) is 19.7 Å². The van der Waals surface area contributed by atoms with Gasteiger partial charge in [0.1, 0.15) is 11.6 Å². The van der Waals surface area contributed by atoms with Crippen molar-refractivity contribution in [3.8, 4) is 11.5 Å². The van der Waals surface area contributed by atoms with Gasteiger partial charge in [-0.3, -0.25) is 0 Å². The molecule has 1 aliphatic heterocycles. The number of aromatic nitrogens is 1. The van der Waals surface area contributed by atoms with Crippen LogP contribution in [0, 0.1) is 5.92 Å². The minimum Gasteiger partial charge on any atom is -0.457 e. The molecule has 0 saturated carbocycles. The molecule has 2 heterocycles. The van der Waals surface area contributed by atoms with Crippen molar-refractivity contribution in [3.63, 3.8) is 0 Å². The molecule has 0 unspecified atom stereocenters. The average molecular weight is 407 g/mol. The molecular formula is C19H16Cl2N2O4. The van der Waals surface area contributed by atoms with E-state index >= 15 is 0 Å². The Balaban J connectivity index is 1.60. The van der Waals surface area contributed by atoms with Crippen LogP contribution >= 0.6 is 23.2 Å². The molecule has 2 aromatic carbocycles. The lowest BCUT2D eigenvalue weighted by molar-refractivity contribution is 0.0179. The molecule has 27 heavy (non-hydrogen) atoms. The Morgan fingerprint density at radius 3 is 2.74 bits per heavy atom. The van der Waals surface area contributed by atoms with E-state index in [-0.39, 0.29) is 18.6 Å². The summed E-state index contributed by atoms with van der Waals surface area (Å²) in [5, 5.41) is 13.4. The molecule has 2 N–H and O–H groups in total. The smallest absolute Gasteiger partial charge is 0.338 e. The highest BCUT2D eigenvalue weighted by Crippen LogP contribution is 2.30. The average Bonchev–Trinajstić information content (AvgIpc) is 3.26. The molecule has 140 valence electrons. The maximum absolute atomic E-state index is 12.4. The van der Waals surface area contributed by atoms with E-state index in [0.717, 1.165) is 0 Å². The van der Waals surface area contributed by atoms with Gasteiger partial charge in [-0.15, -0.1) is 0 Å². The number of nitrogens with one attached hydrogen (secondary N) is 1. The standard InChI is InChI=1S/C19H16Cl2N2O4/c20-13-3-11(4-14(21)6-13)18-23-15-2-1-10(5-16(15)26-18)19(25)27-17-8-22-7-12(17)9-24/h1-6,12,17,22,24H,7-9H2/t12-,17+/m1/s1. The summed E-state index contributed by atoms with van der Waals surface area (Å²) in [5.74, 6) is -0.199. The van der Waals surface area contributed by atoms with Gasteiger partial charge in [0.2, 0.25) is 5.89 Å². The maximum Gasteiger partial charge on any atom is 0.338 e. The third-order valence-corrected chi connectivity index (χ3v) is 4.94. The zero-order valence-corrected chi connectivity index (χ0v) is 15.6. The van der Waals surface area contributed by atoms with Crippen molar-refractivity contribution in [1.29, 1.82) is 0 Å². The summed E-state index contributed by atoms with van der Waals surface area (Å²) < 4.78 is 11.3. The fourth-order valence-corrected chi connectivity index (χ4v) is 3.61. The minimum atomic E-state index is -0.465. The molecule has 2 atom stereocenters. The Kier molecular flexibility index (Phi) is 5.06. The zero-order chi connectivity index (χ0) is 19.0. The van der Waals surface area contributed by atoms with Crippen molar-refractivity contribution in [2.45, 2.75) is 6.10 Å². The summed E-state index contributed by atoms with van der Waals surface area (Å²) >= 11 is 12.1. The van der Waals surface area contributed by atoms with E-state index in [1.54, 1.807) is 36.4 Å². The van der Waals surface area contributed by atoms with E-state index < -0.39 is 5.97 Å². The molecule has 1 fully saturated rings. The number of oxazole rings is 1. The van der Waals surface area contributed by atoms with Crippen molar-refractivity contribution in [2.24, 2.45) is 5.92 Å². The molecule has 0 bridgehead atoms. The van der Waals surface area contributed by atoms with Gasteiger partial charge in [-0.1, -0.05) is 23.2 Å². The van der Waals surface area contributed by atoms with Crippen LogP contribution in [0.2, 0.25) is 10.0 Å². The lowest BCUT2D eigenvalue weighted by Gasteiger charge is -2.16. The van der Waals surface area contributed by atoms with Crippen molar-refractivity contribution < 1.29 is 19.1 Å². The molecule has 1 saturated heterocycles. The normalized spacial score (nSPS) is 19.5. The zero-order valence-electron chi connectivity index (χ0n) is 14.1. The number of aliphatic hydroxyl groups is 1. The van der Waals surface area contributed by atoms with Crippen molar-refractivity contribution in [3.05, 3.63) is 52.0 Å². The second-order valence-corrected chi connectivity index (χ2v) is 7.28. The molecule has 3 aromatic rings. The second kappa shape index (κ2) is 7.48. The number of hydrogen-bond acceptors (Lipinski definition) is 6. The van der Waals surface area contributed by atoms with E-state index in [1.165, 1.54) is 0 Å². The minimum absolute atomic E-state index is 0.0301. The lowest BCUT2D eigenvalue weighted by atomic mass is 10.1. The molecule has 1 aromatic heterocycles. The largest absolute Gasteiger partial charge is 0.457 e. The van der Waals surface area contributed by atoms with Crippen LogP contribution in [-0.2, 0) is 4.74 Å². The summed E-state index contributed by atoms with van der Waals surface area (Å²) in [4.78, 5) is 16.9. The highest BCUT2D eigenvalue weighted by molar-refractivity contribution is 6.35. The van der Waals surface area contributed by atoms with Gasteiger partial charge >= 0.3 is 5.97 Å². The molecule has 1 aliphatic rings. The number of benzene rings is 2. The van der Waals surface area contributed by atoms with Crippen LogP contribution in [-0.4, -0.2) is 41.9 Å². The third kappa shape index (κ3) is 3.80. The number of aliphatic hydroxyl groups excluding tert-OH is 1. The SMILES string of the molecule is O=C(O[C@H]1CNC[C@@H]1CO)c1ccc2nc(-c3cc(Cl)cc(Cl)c3)oc2c1. The number of rotatable bonds is 4. The molecule has 0 radical (unpaired) electrons. The Bertz CT molecular complexity index is 984. The van der Waals surface area contributed by atoms with Gasteiger partial charge < -0.3 is 19.6 Å². The fourth-order valence-electron chi connectivity index (χ4n) is 3.09. The van der Waals surface area contributed by atoms with Crippen LogP contribution in [0.25, 0.3) is 22.6 Å². The van der Waals surface area contributed by atoms with Gasteiger partial charge in [-0.05, 0) is 36.4 Å². The maximum atomic E-state index is 12.4.